The number of amides is 1. The van der Waals surface area contributed by atoms with Gasteiger partial charge in [0.05, 0.1) is 5.52 Å². The van der Waals surface area contributed by atoms with Gasteiger partial charge in [-0.25, -0.2) is 4.98 Å². The molecular weight excluding hydrogens is 284 g/mol. The van der Waals surface area contributed by atoms with Crippen LogP contribution in [0.1, 0.15) is 54.6 Å². The highest BCUT2D eigenvalue weighted by Gasteiger charge is 2.52. The first-order valence-corrected chi connectivity index (χ1v) is 8.83. The maximum absolute atomic E-state index is 11.8. The average molecular weight is 306 g/mol. The fraction of sp³-hybridized carbons (Fsp3) is 0.500. The van der Waals surface area contributed by atoms with E-state index in [9.17, 15) is 4.79 Å². The van der Waals surface area contributed by atoms with Crippen LogP contribution in [0.25, 0.3) is 10.9 Å². The summed E-state index contributed by atoms with van der Waals surface area (Å²) in [4.78, 5) is 16.3. The summed E-state index contributed by atoms with van der Waals surface area (Å²) in [6.45, 7) is 0. The Morgan fingerprint density at radius 1 is 1.04 bits per heavy atom. The molecule has 1 aromatic carbocycles. The van der Waals surface area contributed by atoms with E-state index in [0.717, 1.165) is 23.3 Å². The van der Waals surface area contributed by atoms with E-state index >= 15 is 0 Å². The van der Waals surface area contributed by atoms with Crippen molar-refractivity contribution < 1.29 is 4.79 Å². The minimum absolute atomic E-state index is 0.251. The van der Waals surface area contributed by atoms with Gasteiger partial charge in [0.1, 0.15) is 5.69 Å². The van der Waals surface area contributed by atoms with E-state index in [1.54, 1.807) is 0 Å². The number of carbonyl (C=O) groups is 1. The van der Waals surface area contributed by atoms with Crippen molar-refractivity contribution in [2.24, 2.45) is 23.5 Å². The minimum atomic E-state index is -0.415. The first kappa shape index (κ1) is 13.5. The van der Waals surface area contributed by atoms with E-state index in [0.29, 0.717) is 5.69 Å². The summed E-state index contributed by atoms with van der Waals surface area (Å²) in [7, 11) is 0. The third kappa shape index (κ3) is 1.95. The van der Waals surface area contributed by atoms with Gasteiger partial charge in [0.25, 0.3) is 5.91 Å². The van der Waals surface area contributed by atoms with Gasteiger partial charge in [0, 0.05) is 5.39 Å². The van der Waals surface area contributed by atoms with Crippen molar-refractivity contribution in [3.63, 3.8) is 0 Å². The monoisotopic (exact) mass is 306 g/mol. The molecule has 0 atom stereocenters. The second kappa shape index (κ2) is 4.56. The Kier molecular flexibility index (Phi) is 2.68. The van der Waals surface area contributed by atoms with Gasteiger partial charge in [-0.2, -0.15) is 0 Å². The first-order chi connectivity index (χ1) is 11.1. The highest BCUT2D eigenvalue weighted by atomic mass is 16.1. The normalized spacial score (nSPS) is 34.9. The molecule has 118 valence electrons. The van der Waals surface area contributed by atoms with Crippen LogP contribution in [0.4, 0.5) is 0 Å². The second-order valence-electron chi connectivity index (χ2n) is 8.13. The number of carbonyl (C=O) groups excluding carboxylic acids is 1. The summed E-state index contributed by atoms with van der Waals surface area (Å²) >= 11 is 0. The molecule has 2 N–H and O–H groups in total. The largest absolute Gasteiger partial charge is 0.364 e. The van der Waals surface area contributed by atoms with Crippen LogP contribution >= 0.6 is 0 Å². The molecule has 4 aliphatic rings. The van der Waals surface area contributed by atoms with E-state index in [-0.39, 0.29) is 5.41 Å². The zero-order valence-electron chi connectivity index (χ0n) is 13.3. The molecule has 4 aliphatic carbocycles. The van der Waals surface area contributed by atoms with E-state index in [1.807, 2.05) is 18.2 Å². The maximum atomic E-state index is 11.8. The van der Waals surface area contributed by atoms with Gasteiger partial charge in [-0.3, -0.25) is 4.79 Å². The molecule has 3 nitrogen and oxygen atoms in total. The number of nitrogens with zero attached hydrogens (tertiary/aromatic N) is 1. The highest BCUT2D eigenvalue weighted by Crippen LogP contribution is 2.61. The molecule has 1 heterocycles. The number of para-hydroxylation sites is 1. The third-order valence-corrected chi connectivity index (χ3v) is 6.58. The van der Waals surface area contributed by atoms with Gasteiger partial charge in [0.2, 0.25) is 0 Å². The van der Waals surface area contributed by atoms with Gasteiger partial charge in [-0.15, -0.1) is 0 Å². The number of benzene rings is 1. The molecule has 1 aromatic heterocycles. The second-order valence-corrected chi connectivity index (χ2v) is 8.13. The van der Waals surface area contributed by atoms with Crippen LogP contribution in [0, 0.1) is 17.8 Å². The minimum Gasteiger partial charge on any atom is -0.364 e. The zero-order valence-corrected chi connectivity index (χ0v) is 13.3. The quantitative estimate of drug-likeness (QED) is 0.917. The number of rotatable bonds is 2. The van der Waals surface area contributed by atoms with Gasteiger partial charge in [-0.05, 0) is 79.4 Å². The maximum Gasteiger partial charge on any atom is 0.267 e. The van der Waals surface area contributed by atoms with Crippen molar-refractivity contribution >= 4 is 16.8 Å². The van der Waals surface area contributed by atoms with Crippen LogP contribution in [-0.2, 0) is 5.41 Å². The molecular formula is C20H22N2O. The van der Waals surface area contributed by atoms with Crippen molar-refractivity contribution in [3.8, 4) is 0 Å². The van der Waals surface area contributed by atoms with E-state index in [1.165, 1.54) is 49.5 Å². The number of hydrogen-bond acceptors (Lipinski definition) is 2. The number of primary amides is 1. The molecule has 3 heteroatoms. The summed E-state index contributed by atoms with van der Waals surface area (Å²) in [6.07, 6.45) is 8.11. The molecule has 6 rings (SSSR count). The fourth-order valence-electron chi connectivity index (χ4n) is 6.18. The molecule has 0 spiro atoms. The topological polar surface area (TPSA) is 56.0 Å². The molecule has 0 aliphatic heterocycles. The highest BCUT2D eigenvalue weighted by molar-refractivity contribution is 5.95. The molecule has 0 unspecified atom stereocenters. The fourth-order valence-corrected chi connectivity index (χ4v) is 6.18. The lowest BCUT2D eigenvalue weighted by Gasteiger charge is -2.57. The molecule has 2 aromatic rings. The molecule has 4 saturated carbocycles. The summed E-state index contributed by atoms with van der Waals surface area (Å²) in [5.41, 5.74) is 8.50. The number of fused-ring (bicyclic) bond motifs is 1. The molecule has 0 saturated heterocycles. The van der Waals surface area contributed by atoms with Crippen LogP contribution in [0.3, 0.4) is 0 Å². The Bertz CT molecular complexity index is 775. The molecule has 1 amide bonds. The first-order valence-electron chi connectivity index (χ1n) is 8.83. The number of nitrogens with two attached hydrogens (primary N) is 1. The van der Waals surface area contributed by atoms with Crippen molar-refractivity contribution in [2.75, 3.05) is 0 Å². The van der Waals surface area contributed by atoms with E-state index in [4.69, 9.17) is 5.73 Å². The Labute approximate surface area is 136 Å². The van der Waals surface area contributed by atoms with Crippen molar-refractivity contribution in [1.82, 2.24) is 4.98 Å². The predicted molar refractivity (Wildman–Crippen MR) is 90.1 cm³/mol. The molecule has 4 fully saturated rings. The van der Waals surface area contributed by atoms with Gasteiger partial charge < -0.3 is 5.73 Å². The Balaban J connectivity index is 1.74. The SMILES string of the molecule is NC(=O)c1cc(C23CC4CC(CC(C4)C2)C3)c2ccccc2n1. The summed E-state index contributed by atoms with van der Waals surface area (Å²) in [5, 5.41) is 1.22. The summed E-state index contributed by atoms with van der Waals surface area (Å²) in [6, 6.07) is 10.3. The Morgan fingerprint density at radius 3 is 2.26 bits per heavy atom. The predicted octanol–water partition coefficient (Wildman–Crippen LogP) is 3.80. The molecule has 4 bridgehead atoms. The zero-order chi connectivity index (χ0) is 15.6. The van der Waals surface area contributed by atoms with Crippen LogP contribution in [0.5, 0.6) is 0 Å². The van der Waals surface area contributed by atoms with Gasteiger partial charge in [0.15, 0.2) is 0 Å². The third-order valence-electron chi connectivity index (χ3n) is 6.58. The Morgan fingerprint density at radius 2 is 1.65 bits per heavy atom. The average Bonchev–Trinajstić information content (AvgIpc) is 2.52. The Hall–Kier alpha value is -1.90. The van der Waals surface area contributed by atoms with Gasteiger partial charge >= 0.3 is 0 Å². The van der Waals surface area contributed by atoms with Crippen molar-refractivity contribution in [1.29, 1.82) is 0 Å². The molecule has 23 heavy (non-hydrogen) atoms. The number of pyridine rings is 1. The van der Waals surface area contributed by atoms with E-state index < -0.39 is 5.91 Å². The smallest absolute Gasteiger partial charge is 0.267 e. The van der Waals surface area contributed by atoms with Crippen molar-refractivity contribution in [2.45, 2.75) is 43.9 Å². The van der Waals surface area contributed by atoms with Crippen LogP contribution in [0.15, 0.2) is 30.3 Å². The molecule has 0 radical (unpaired) electrons. The van der Waals surface area contributed by atoms with Crippen LogP contribution in [-0.4, -0.2) is 10.9 Å². The lowest BCUT2D eigenvalue weighted by molar-refractivity contribution is -0.00453. The van der Waals surface area contributed by atoms with E-state index in [2.05, 4.69) is 17.1 Å². The number of hydrogen-bond donors (Lipinski definition) is 1. The summed E-state index contributed by atoms with van der Waals surface area (Å²) in [5.74, 6) is 2.22. The lowest BCUT2D eigenvalue weighted by atomic mass is 9.48. The van der Waals surface area contributed by atoms with Crippen LogP contribution < -0.4 is 5.73 Å². The standard InChI is InChI=1S/C20H22N2O/c21-19(23)18-8-16(15-3-1-2-4-17(15)22-18)20-9-12-5-13(10-20)7-14(6-12)11-20/h1-4,8,12-14H,5-7,9-11H2,(H2,21,23). The summed E-state index contributed by atoms with van der Waals surface area (Å²) < 4.78 is 0. The number of aromatic nitrogens is 1. The van der Waals surface area contributed by atoms with Gasteiger partial charge in [-0.1, -0.05) is 18.2 Å². The van der Waals surface area contributed by atoms with Crippen LogP contribution in [0.2, 0.25) is 0 Å². The van der Waals surface area contributed by atoms with Crippen molar-refractivity contribution in [3.05, 3.63) is 41.6 Å². The lowest BCUT2D eigenvalue weighted by Crippen LogP contribution is -2.48.